The van der Waals surface area contributed by atoms with E-state index >= 15 is 0 Å². The Kier molecular flexibility index (Phi) is 5.44. The molecule has 0 bridgehead atoms. The molecule has 1 unspecified atom stereocenters. The number of para-hydroxylation sites is 1. The molecule has 2 aromatic carbocycles. The van der Waals surface area contributed by atoms with Gasteiger partial charge < -0.3 is 9.64 Å². The molecule has 4 rings (SSSR count). The van der Waals surface area contributed by atoms with Gasteiger partial charge in [-0.05, 0) is 54.7 Å². The van der Waals surface area contributed by atoms with Crippen LogP contribution in [-0.2, 0) is 0 Å². The van der Waals surface area contributed by atoms with Crippen molar-refractivity contribution in [3.63, 3.8) is 0 Å². The number of hydrogen-bond donors (Lipinski definition) is 0. The van der Waals surface area contributed by atoms with E-state index in [-0.39, 0.29) is 5.82 Å². The summed E-state index contributed by atoms with van der Waals surface area (Å²) in [6, 6.07) is 16.0. The monoisotopic (exact) mass is 366 g/mol. The van der Waals surface area contributed by atoms with Gasteiger partial charge in [-0.1, -0.05) is 30.3 Å². The summed E-state index contributed by atoms with van der Waals surface area (Å²) in [4.78, 5) is 4.75. The maximum atomic E-state index is 14.0. The zero-order valence-electron chi connectivity index (χ0n) is 15.9. The van der Waals surface area contributed by atoms with E-state index in [2.05, 4.69) is 34.1 Å². The fraction of sp³-hybridized carbons (Fsp3) is 0.391. The van der Waals surface area contributed by atoms with Gasteiger partial charge in [0, 0.05) is 32.2 Å². The highest BCUT2D eigenvalue weighted by molar-refractivity contribution is 5.67. The minimum Gasteiger partial charge on any atom is -0.497 e. The molecule has 0 radical (unpaired) electrons. The highest BCUT2D eigenvalue weighted by atomic mass is 19.1. The van der Waals surface area contributed by atoms with Crippen molar-refractivity contribution < 1.29 is 9.13 Å². The van der Waals surface area contributed by atoms with Gasteiger partial charge in [0.25, 0.3) is 0 Å². The summed E-state index contributed by atoms with van der Waals surface area (Å²) in [7, 11) is 1.71. The minimum atomic E-state index is -0.116. The quantitative estimate of drug-likeness (QED) is 0.787. The summed E-state index contributed by atoms with van der Waals surface area (Å²) in [6.07, 6.45) is 5.77. The number of nitrogens with zero attached hydrogens (tertiary/aromatic N) is 2. The summed E-state index contributed by atoms with van der Waals surface area (Å²) in [5, 5.41) is 0. The molecule has 1 saturated heterocycles. The van der Waals surface area contributed by atoms with Crippen molar-refractivity contribution in [2.45, 2.75) is 25.3 Å². The van der Waals surface area contributed by atoms with Crippen LogP contribution in [0.1, 0.15) is 24.8 Å². The zero-order chi connectivity index (χ0) is 18.6. The predicted octanol–water partition coefficient (Wildman–Crippen LogP) is 4.59. The molecule has 3 nitrogen and oxygen atoms in total. The maximum Gasteiger partial charge on any atom is 0.146 e. The van der Waals surface area contributed by atoms with Crippen LogP contribution in [0.25, 0.3) is 5.57 Å². The molecule has 0 aromatic heterocycles. The van der Waals surface area contributed by atoms with E-state index in [9.17, 15) is 4.39 Å². The van der Waals surface area contributed by atoms with Gasteiger partial charge in [0.05, 0.1) is 12.8 Å². The molecule has 1 atom stereocenters. The fourth-order valence-corrected chi connectivity index (χ4v) is 4.27. The van der Waals surface area contributed by atoms with E-state index < -0.39 is 0 Å². The molecular formula is C23H27FN2O. The lowest BCUT2D eigenvalue weighted by molar-refractivity contribution is 0.175. The summed E-state index contributed by atoms with van der Waals surface area (Å²) >= 11 is 0. The molecule has 1 heterocycles. The lowest BCUT2D eigenvalue weighted by Gasteiger charge is -2.41. The Morgan fingerprint density at radius 1 is 1.00 bits per heavy atom. The molecule has 0 saturated carbocycles. The number of allylic oxidation sites excluding steroid dienone is 1. The van der Waals surface area contributed by atoms with Gasteiger partial charge in [-0.15, -0.1) is 0 Å². The lowest BCUT2D eigenvalue weighted by atomic mass is 9.89. The van der Waals surface area contributed by atoms with Crippen molar-refractivity contribution in [1.82, 2.24) is 4.90 Å². The average molecular weight is 366 g/mol. The van der Waals surface area contributed by atoms with E-state index in [0.29, 0.717) is 6.04 Å². The summed E-state index contributed by atoms with van der Waals surface area (Å²) in [5.74, 6) is 0.800. The summed E-state index contributed by atoms with van der Waals surface area (Å²) < 4.78 is 19.4. The Bertz CT molecular complexity index is 812. The number of rotatable bonds is 4. The second-order valence-electron chi connectivity index (χ2n) is 7.36. The SMILES string of the molecule is COc1cccc(C2=CCC(N3CCN(c4ccccc4F)CC3)CC2)c1. The molecule has 1 fully saturated rings. The molecule has 0 amide bonds. The normalized spacial score (nSPS) is 21.0. The van der Waals surface area contributed by atoms with Crippen LogP contribution in [0.3, 0.4) is 0 Å². The molecule has 0 N–H and O–H groups in total. The zero-order valence-corrected chi connectivity index (χ0v) is 15.9. The van der Waals surface area contributed by atoms with Crippen LogP contribution >= 0.6 is 0 Å². The van der Waals surface area contributed by atoms with Gasteiger partial charge in [-0.25, -0.2) is 4.39 Å². The van der Waals surface area contributed by atoms with E-state index in [4.69, 9.17) is 4.74 Å². The predicted molar refractivity (Wildman–Crippen MR) is 109 cm³/mol. The molecular weight excluding hydrogens is 339 g/mol. The van der Waals surface area contributed by atoms with Crippen LogP contribution in [0.4, 0.5) is 10.1 Å². The van der Waals surface area contributed by atoms with Crippen LogP contribution in [0.5, 0.6) is 5.75 Å². The Hall–Kier alpha value is -2.33. The molecule has 142 valence electrons. The highest BCUT2D eigenvalue weighted by Crippen LogP contribution is 2.31. The number of benzene rings is 2. The first-order chi connectivity index (χ1) is 13.2. The van der Waals surface area contributed by atoms with Crippen molar-refractivity contribution in [2.24, 2.45) is 0 Å². The second kappa shape index (κ2) is 8.13. The first-order valence-corrected chi connectivity index (χ1v) is 9.81. The van der Waals surface area contributed by atoms with Crippen molar-refractivity contribution in [1.29, 1.82) is 0 Å². The van der Waals surface area contributed by atoms with Crippen molar-refractivity contribution in [2.75, 3.05) is 38.2 Å². The topological polar surface area (TPSA) is 15.7 Å². The Morgan fingerprint density at radius 2 is 1.81 bits per heavy atom. The molecule has 2 aromatic rings. The Morgan fingerprint density at radius 3 is 2.52 bits per heavy atom. The number of piperazine rings is 1. The van der Waals surface area contributed by atoms with Crippen LogP contribution in [-0.4, -0.2) is 44.2 Å². The van der Waals surface area contributed by atoms with Crippen LogP contribution in [0, 0.1) is 5.82 Å². The van der Waals surface area contributed by atoms with Crippen LogP contribution in [0.15, 0.2) is 54.6 Å². The standard InChI is InChI=1S/C23H27FN2O/c1-27-21-6-4-5-19(17-21)18-9-11-20(12-10-18)25-13-15-26(16-14-25)23-8-3-2-7-22(23)24/h2-9,17,20H,10-16H2,1H3. The fourth-order valence-electron chi connectivity index (χ4n) is 4.27. The maximum absolute atomic E-state index is 14.0. The third kappa shape index (κ3) is 4.01. The van der Waals surface area contributed by atoms with Crippen LogP contribution in [0.2, 0.25) is 0 Å². The van der Waals surface area contributed by atoms with E-state index in [1.165, 1.54) is 17.6 Å². The average Bonchev–Trinajstić information content (AvgIpc) is 2.74. The second-order valence-corrected chi connectivity index (χ2v) is 7.36. The molecule has 0 spiro atoms. The van der Waals surface area contributed by atoms with E-state index in [0.717, 1.165) is 50.5 Å². The van der Waals surface area contributed by atoms with Gasteiger partial charge in [-0.3, -0.25) is 4.90 Å². The van der Waals surface area contributed by atoms with Gasteiger partial charge in [0.1, 0.15) is 11.6 Å². The molecule has 1 aliphatic carbocycles. The minimum absolute atomic E-state index is 0.116. The molecule has 4 heteroatoms. The van der Waals surface area contributed by atoms with E-state index in [1.54, 1.807) is 19.2 Å². The van der Waals surface area contributed by atoms with Gasteiger partial charge in [-0.2, -0.15) is 0 Å². The third-order valence-corrected chi connectivity index (χ3v) is 5.85. The third-order valence-electron chi connectivity index (χ3n) is 5.85. The highest BCUT2D eigenvalue weighted by Gasteiger charge is 2.26. The van der Waals surface area contributed by atoms with E-state index in [1.807, 2.05) is 18.2 Å². The number of ether oxygens (including phenoxy) is 1. The van der Waals surface area contributed by atoms with Crippen molar-refractivity contribution in [3.8, 4) is 5.75 Å². The first kappa shape index (κ1) is 18.1. The van der Waals surface area contributed by atoms with Crippen LogP contribution < -0.4 is 9.64 Å². The van der Waals surface area contributed by atoms with Crippen molar-refractivity contribution >= 4 is 11.3 Å². The summed E-state index contributed by atoms with van der Waals surface area (Å²) in [6.45, 7) is 3.79. The lowest BCUT2D eigenvalue weighted by Crippen LogP contribution is -2.50. The molecule has 27 heavy (non-hydrogen) atoms. The van der Waals surface area contributed by atoms with Gasteiger partial charge in [0.15, 0.2) is 0 Å². The van der Waals surface area contributed by atoms with Crippen molar-refractivity contribution in [3.05, 3.63) is 66.0 Å². The smallest absolute Gasteiger partial charge is 0.146 e. The number of halogens is 1. The molecule has 1 aliphatic heterocycles. The largest absolute Gasteiger partial charge is 0.497 e. The Labute approximate surface area is 161 Å². The number of methoxy groups -OCH3 is 1. The van der Waals surface area contributed by atoms with Gasteiger partial charge >= 0.3 is 0 Å². The van der Waals surface area contributed by atoms with Gasteiger partial charge in [0.2, 0.25) is 0 Å². The summed E-state index contributed by atoms with van der Waals surface area (Å²) in [5.41, 5.74) is 3.44. The number of anilines is 1. The number of hydrogen-bond acceptors (Lipinski definition) is 3. The molecule has 2 aliphatic rings. The first-order valence-electron chi connectivity index (χ1n) is 9.81. The Balaban J connectivity index is 1.35.